The quantitative estimate of drug-likeness (QED) is 0.180. The molecule has 1 aliphatic rings. The first kappa shape index (κ1) is 33.0. The van der Waals surface area contributed by atoms with E-state index in [4.69, 9.17) is 18.8 Å². The van der Waals surface area contributed by atoms with Crippen molar-refractivity contribution in [2.24, 2.45) is 15.9 Å². The third-order valence-corrected chi connectivity index (χ3v) is 12.2. The van der Waals surface area contributed by atoms with E-state index in [1.807, 2.05) is 24.3 Å². The minimum absolute atomic E-state index is 0.146. The van der Waals surface area contributed by atoms with Gasteiger partial charge in [-0.15, -0.1) is 0 Å². The maximum Gasteiger partial charge on any atom is 0.155 e. The van der Waals surface area contributed by atoms with Gasteiger partial charge in [-0.3, -0.25) is 4.99 Å². The van der Waals surface area contributed by atoms with Crippen LogP contribution in [-0.4, -0.2) is 16.1 Å². The molecule has 4 heterocycles. The zero-order valence-corrected chi connectivity index (χ0v) is 31.9. The lowest BCUT2D eigenvalue weighted by Gasteiger charge is -2.25. The zero-order chi connectivity index (χ0) is 38.3. The number of para-hydroxylation sites is 4. The number of amidine groups is 1. The molecule has 0 radical (unpaired) electrons. The maximum absolute atomic E-state index is 6.84. The molecule has 8 aromatic carbocycles. The normalized spacial score (nSPS) is 16.4. The van der Waals surface area contributed by atoms with Crippen molar-refractivity contribution >= 4 is 88.0 Å². The number of hydrogen-bond donors (Lipinski definition) is 0. The fraction of sp³-hybridized carbons (Fsp3) is 0.0943. The molecule has 5 nitrogen and oxygen atoms in total. The summed E-state index contributed by atoms with van der Waals surface area (Å²) in [4.78, 5) is 11.2. The second-order valence-electron chi connectivity index (χ2n) is 15.7. The van der Waals surface area contributed by atoms with Crippen LogP contribution in [0.5, 0.6) is 0 Å². The summed E-state index contributed by atoms with van der Waals surface area (Å²) in [7, 11) is 0. The maximum atomic E-state index is 6.84. The standard InChI is InChI=1S/C53H37N3O2/c1-32-26-27-45(41-22-13-21-40-38-19-8-11-24-48(38)57-51(40)41)54-53(33-14-3-2-4-15-33)55-50(32)44-31-36(30-43-39-20-9-12-25-49(39)58-52(43)44)56-46-23-10-7-18-37(46)42-28-34-16-5-6-17-35(34)29-47(42)56/h2-25,28-32,50H,26-27H2,1H3. The Morgan fingerprint density at radius 2 is 1.19 bits per heavy atom. The largest absolute Gasteiger partial charge is 0.456 e. The Morgan fingerprint density at radius 3 is 2.00 bits per heavy atom. The van der Waals surface area contributed by atoms with Crippen molar-refractivity contribution < 1.29 is 8.83 Å². The van der Waals surface area contributed by atoms with Gasteiger partial charge in [-0.1, -0.05) is 128 Å². The van der Waals surface area contributed by atoms with E-state index in [0.29, 0.717) is 5.84 Å². The second kappa shape index (κ2) is 12.9. The van der Waals surface area contributed by atoms with Gasteiger partial charge in [0.05, 0.1) is 22.8 Å². The van der Waals surface area contributed by atoms with Gasteiger partial charge in [-0.25, -0.2) is 4.99 Å². The molecule has 0 fully saturated rings. The van der Waals surface area contributed by atoms with Crippen molar-refractivity contribution in [2.75, 3.05) is 0 Å². The van der Waals surface area contributed by atoms with Crippen LogP contribution in [0, 0.1) is 5.92 Å². The van der Waals surface area contributed by atoms with E-state index in [0.717, 1.165) is 84.8 Å². The molecular formula is C53H37N3O2. The van der Waals surface area contributed by atoms with Gasteiger partial charge in [0.1, 0.15) is 22.3 Å². The van der Waals surface area contributed by atoms with Gasteiger partial charge in [-0.2, -0.15) is 0 Å². The van der Waals surface area contributed by atoms with Gasteiger partial charge >= 0.3 is 0 Å². The van der Waals surface area contributed by atoms with Crippen molar-refractivity contribution in [3.63, 3.8) is 0 Å². The highest BCUT2D eigenvalue weighted by Gasteiger charge is 2.29. The number of nitrogens with zero attached hydrogens (tertiary/aromatic N) is 3. The molecule has 0 bridgehead atoms. The van der Waals surface area contributed by atoms with Crippen LogP contribution in [0.15, 0.2) is 189 Å². The van der Waals surface area contributed by atoms with Crippen molar-refractivity contribution in [2.45, 2.75) is 25.8 Å². The summed E-state index contributed by atoms with van der Waals surface area (Å²) < 4.78 is 15.8. The first-order valence-electron chi connectivity index (χ1n) is 20.2. The monoisotopic (exact) mass is 747 g/mol. The number of aromatic nitrogens is 1. The summed E-state index contributed by atoms with van der Waals surface area (Å²) in [5, 5.41) is 9.30. The second-order valence-corrected chi connectivity index (χ2v) is 15.7. The van der Waals surface area contributed by atoms with Crippen LogP contribution in [0.1, 0.15) is 42.5 Å². The van der Waals surface area contributed by atoms with Crippen LogP contribution in [0.25, 0.3) is 82.1 Å². The molecule has 0 N–H and O–H groups in total. The average Bonchev–Trinajstić information content (AvgIpc) is 3.94. The third kappa shape index (κ3) is 5.09. The highest BCUT2D eigenvalue weighted by atomic mass is 16.3. The molecular weight excluding hydrogens is 711 g/mol. The van der Waals surface area contributed by atoms with E-state index in [9.17, 15) is 0 Å². The van der Waals surface area contributed by atoms with Crippen LogP contribution in [0.4, 0.5) is 0 Å². The van der Waals surface area contributed by atoms with Crippen LogP contribution in [-0.2, 0) is 0 Å². The van der Waals surface area contributed by atoms with E-state index >= 15 is 0 Å². The van der Waals surface area contributed by atoms with Crippen LogP contribution in [0.2, 0.25) is 0 Å². The third-order valence-electron chi connectivity index (χ3n) is 12.2. The Labute approximate surface area is 334 Å². The SMILES string of the molecule is CC1CCC(c2cccc3c2oc2ccccc23)=NC(c2ccccc2)=NC1c1cc(-n2c3ccccc3c3cc4ccccc4cc32)cc2c1oc1ccccc12. The molecule has 3 aromatic heterocycles. The number of furan rings is 2. The van der Waals surface area contributed by atoms with Crippen LogP contribution < -0.4 is 0 Å². The molecule has 12 rings (SSSR count). The van der Waals surface area contributed by atoms with E-state index in [-0.39, 0.29) is 12.0 Å². The fourth-order valence-corrected chi connectivity index (χ4v) is 9.39. The molecule has 1 aliphatic heterocycles. The first-order valence-corrected chi connectivity index (χ1v) is 20.2. The van der Waals surface area contributed by atoms with Crippen molar-refractivity contribution in [1.29, 1.82) is 0 Å². The van der Waals surface area contributed by atoms with Gasteiger partial charge < -0.3 is 13.4 Å². The Hall–Kier alpha value is -7.24. The molecule has 0 spiro atoms. The van der Waals surface area contributed by atoms with Crippen molar-refractivity contribution in [3.8, 4) is 5.69 Å². The van der Waals surface area contributed by atoms with Crippen LogP contribution >= 0.6 is 0 Å². The zero-order valence-electron chi connectivity index (χ0n) is 31.9. The Kier molecular flexibility index (Phi) is 7.33. The van der Waals surface area contributed by atoms with E-state index in [1.54, 1.807) is 0 Å². The first-order chi connectivity index (χ1) is 28.7. The lowest BCUT2D eigenvalue weighted by molar-refractivity contribution is 0.444. The minimum Gasteiger partial charge on any atom is -0.456 e. The summed E-state index contributed by atoms with van der Waals surface area (Å²) in [6.07, 6.45) is 1.64. The van der Waals surface area contributed by atoms with Gasteiger partial charge in [0.15, 0.2) is 5.84 Å². The van der Waals surface area contributed by atoms with Gasteiger partial charge in [0.25, 0.3) is 0 Å². The lowest BCUT2D eigenvalue weighted by Crippen LogP contribution is -2.18. The van der Waals surface area contributed by atoms with E-state index in [1.165, 1.54) is 32.6 Å². The number of fused-ring (bicyclic) bond motifs is 10. The lowest BCUT2D eigenvalue weighted by atomic mass is 9.87. The number of rotatable bonds is 4. The highest BCUT2D eigenvalue weighted by Crippen LogP contribution is 2.44. The Morgan fingerprint density at radius 1 is 0.534 bits per heavy atom. The summed E-state index contributed by atoms with van der Waals surface area (Å²) >= 11 is 0. The summed E-state index contributed by atoms with van der Waals surface area (Å²) in [6, 6.07) is 59.9. The number of hydrogen-bond acceptors (Lipinski definition) is 4. The summed E-state index contributed by atoms with van der Waals surface area (Å²) in [5.41, 5.74) is 11.0. The number of benzene rings is 8. The topological polar surface area (TPSA) is 55.9 Å². The molecule has 0 saturated heterocycles. The molecule has 0 amide bonds. The molecule has 5 heteroatoms. The molecule has 58 heavy (non-hydrogen) atoms. The fourth-order valence-electron chi connectivity index (χ4n) is 9.39. The molecule has 0 aliphatic carbocycles. The van der Waals surface area contributed by atoms with E-state index in [2.05, 4.69) is 157 Å². The highest BCUT2D eigenvalue weighted by molar-refractivity contribution is 6.20. The molecule has 0 saturated carbocycles. The minimum atomic E-state index is -0.237. The van der Waals surface area contributed by atoms with Gasteiger partial charge in [0.2, 0.25) is 0 Å². The average molecular weight is 748 g/mol. The molecule has 2 unspecified atom stereocenters. The van der Waals surface area contributed by atoms with E-state index < -0.39 is 0 Å². The molecule has 276 valence electrons. The Balaban J connectivity index is 1.12. The Bertz CT molecular complexity index is 3490. The molecule has 2 atom stereocenters. The number of aliphatic imine (C=N–C) groups is 2. The van der Waals surface area contributed by atoms with Gasteiger partial charge in [-0.05, 0) is 78.1 Å². The predicted octanol–water partition coefficient (Wildman–Crippen LogP) is 14.1. The van der Waals surface area contributed by atoms with Crippen molar-refractivity contribution in [1.82, 2.24) is 4.57 Å². The van der Waals surface area contributed by atoms with Crippen LogP contribution in [0.3, 0.4) is 0 Å². The van der Waals surface area contributed by atoms with Crippen molar-refractivity contribution in [3.05, 3.63) is 187 Å². The van der Waals surface area contributed by atoms with Gasteiger partial charge in [0, 0.05) is 54.7 Å². The predicted molar refractivity (Wildman–Crippen MR) is 240 cm³/mol. The molecule has 11 aromatic rings. The summed E-state index contributed by atoms with van der Waals surface area (Å²) in [6.45, 7) is 2.33. The summed E-state index contributed by atoms with van der Waals surface area (Å²) in [5.74, 6) is 0.853. The smallest absolute Gasteiger partial charge is 0.155 e.